The van der Waals surface area contributed by atoms with Gasteiger partial charge in [-0.15, -0.1) is 12.8 Å². The van der Waals surface area contributed by atoms with E-state index in [1.807, 2.05) is 0 Å². The number of ether oxygens (including phenoxy) is 2. The molecule has 0 saturated heterocycles. The van der Waals surface area contributed by atoms with E-state index in [4.69, 9.17) is 0 Å². The summed E-state index contributed by atoms with van der Waals surface area (Å²) in [5.41, 5.74) is 0. The Morgan fingerprint density at radius 3 is 1.85 bits per heavy atom. The Labute approximate surface area is 114 Å². The van der Waals surface area contributed by atoms with Crippen molar-refractivity contribution in [3.8, 4) is 12.8 Å². The number of hydrogen-bond donors (Lipinski definition) is 0. The zero-order valence-electron chi connectivity index (χ0n) is 11.0. The maximum atomic E-state index is 12.2. The molecule has 0 aliphatic heterocycles. The molecule has 8 heteroatoms. The van der Waals surface area contributed by atoms with Gasteiger partial charge in [0.15, 0.2) is 0 Å². The quantitative estimate of drug-likeness (QED) is 0.321. The number of carbonyl (C=O) groups is 3. The second-order valence-corrected chi connectivity index (χ2v) is 3.21. The molecule has 0 aromatic rings. The maximum absolute atomic E-state index is 12.2. The minimum Gasteiger partial charge on any atom is -0.465 e. The van der Waals surface area contributed by atoms with Crippen LogP contribution in [0.4, 0.5) is 13.2 Å². The summed E-state index contributed by atoms with van der Waals surface area (Å²) >= 11 is 0. The predicted molar refractivity (Wildman–Crippen MR) is 62.3 cm³/mol. The van der Waals surface area contributed by atoms with Crippen molar-refractivity contribution in [1.29, 1.82) is 0 Å². The molecule has 5 nitrogen and oxygen atoms in total. The summed E-state index contributed by atoms with van der Waals surface area (Å²) < 4.78 is 45.2. The smallest absolute Gasteiger partial charge is 0.390 e. The number of halogens is 3. The highest BCUT2D eigenvalue weighted by Gasteiger charge is 2.43. The van der Waals surface area contributed by atoms with Crippen LogP contribution in [-0.2, 0) is 23.9 Å². The first-order valence-corrected chi connectivity index (χ1v) is 5.50. The molecule has 0 aliphatic carbocycles. The molecule has 0 saturated carbocycles. The Morgan fingerprint density at radius 2 is 1.50 bits per heavy atom. The van der Waals surface area contributed by atoms with Crippen LogP contribution in [0.2, 0.25) is 0 Å². The topological polar surface area (TPSA) is 69.7 Å². The summed E-state index contributed by atoms with van der Waals surface area (Å²) in [4.78, 5) is 33.6. The Kier molecular flexibility index (Phi) is 9.97. The summed E-state index contributed by atoms with van der Waals surface area (Å²) in [7, 11) is 0. The maximum Gasteiger partial charge on any atom is 0.390 e. The molecule has 0 bridgehead atoms. The standard InChI is InChI=1S/C10H13F3O5.C2H2/c1-3-17-8(15)6(5-10(11,12)13)7(14)9(16)18-4-2;1-2/h6H,3-5H2,1-2H3;1-2H. The molecule has 1 atom stereocenters. The number of hydrogen-bond acceptors (Lipinski definition) is 5. The van der Waals surface area contributed by atoms with Crippen molar-refractivity contribution in [2.45, 2.75) is 26.4 Å². The van der Waals surface area contributed by atoms with Gasteiger partial charge in [0.1, 0.15) is 5.92 Å². The molecule has 0 aromatic carbocycles. The second-order valence-electron chi connectivity index (χ2n) is 3.21. The molecular weight excluding hydrogens is 281 g/mol. The van der Waals surface area contributed by atoms with Gasteiger partial charge in [0.25, 0.3) is 5.78 Å². The summed E-state index contributed by atoms with van der Waals surface area (Å²) in [6.07, 6.45) is 1.49. The van der Waals surface area contributed by atoms with E-state index in [2.05, 4.69) is 22.3 Å². The molecule has 114 valence electrons. The van der Waals surface area contributed by atoms with Gasteiger partial charge in [-0.25, -0.2) is 4.79 Å². The first kappa shape index (κ1) is 20.3. The van der Waals surface area contributed by atoms with Crippen LogP contribution in [0.25, 0.3) is 0 Å². The van der Waals surface area contributed by atoms with E-state index in [-0.39, 0.29) is 13.2 Å². The molecule has 0 amide bonds. The molecule has 0 spiro atoms. The van der Waals surface area contributed by atoms with Gasteiger partial charge in [0.2, 0.25) is 0 Å². The molecule has 1 unspecified atom stereocenters. The van der Waals surface area contributed by atoms with Crippen LogP contribution in [0.3, 0.4) is 0 Å². The fraction of sp³-hybridized carbons (Fsp3) is 0.583. The van der Waals surface area contributed by atoms with Gasteiger partial charge >= 0.3 is 18.1 Å². The van der Waals surface area contributed by atoms with E-state index < -0.39 is 36.2 Å². The van der Waals surface area contributed by atoms with E-state index in [0.717, 1.165) is 0 Å². The molecule has 20 heavy (non-hydrogen) atoms. The van der Waals surface area contributed by atoms with E-state index in [0.29, 0.717) is 0 Å². The van der Waals surface area contributed by atoms with Crippen molar-refractivity contribution in [2.24, 2.45) is 5.92 Å². The average molecular weight is 296 g/mol. The molecule has 0 rings (SSSR count). The molecule has 0 fully saturated rings. The van der Waals surface area contributed by atoms with Crippen molar-refractivity contribution in [3.05, 3.63) is 0 Å². The van der Waals surface area contributed by atoms with E-state index >= 15 is 0 Å². The first-order valence-electron chi connectivity index (χ1n) is 5.50. The number of Topliss-reactive ketones (excluding diaryl/α,β-unsaturated/α-hetero) is 1. The molecule has 0 heterocycles. The van der Waals surface area contributed by atoms with Crippen molar-refractivity contribution in [1.82, 2.24) is 0 Å². The minimum absolute atomic E-state index is 0.174. The van der Waals surface area contributed by atoms with Crippen LogP contribution in [0.15, 0.2) is 0 Å². The fourth-order valence-electron chi connectivity index (χ4n) is 1.10. The highest BCUT2D eigenvalue weighted by Crippen LogP contribution is 2.26. The minimum atomic E-state index is -4.76. The largest absolute Gasteiger partial charge is 0.465 e. The number of ketones is 1. The SMILES string of the molecule is C#C.CCOC(=O)C(=O)C(CC(F)(F)F)C(=O)OCC. The van der Waals surface area contributed by atoms with Crippen molar-refractivity contribution in [3.63, 3.8) is 0 Å². The summed E-state index contributed by atoms with van der Waals surface area (Å²) in [5.74, 6) is -6.61. The van der Waals surface area contributed by atoms with E-state index in [1.165, 1.54) is 13.8 Å². The normalized spacial score (nSPS) is 11.6. The Balaban J connectivity index is 0. The zero-order valence-corrected chi connectivity index (χ0v) is 11.0. The lowest BCUT2D eigenvalue weighted by Crippen LogP contribution is -2.36. The molecule has 0 N–H and O–H groups in total. The van der Waals surface area contributed by atoms with Gasteiger partial charge in [-0.1, -0.05) is 0 Å². The predicted octanol–water partition coefficient (Wildman–Crippen LogP) is 1.50. The third-order valence-corrected chi connectivity index (χ3v) is 1.80. The number of alkyl halides is 3. The third kappa shape index (κ3) is 8.13. The Morgan fingerprint density at radius 1 is 1.05 bits per heavy atom. The van der Waals surface area contributed by atoms with Crippen LogP contribution in [0.1, 0.15) is 20.3 Å². The van der Waals surface area contributed by atoms with Gasteiger partial charge in [-0.05, 0) is 13.8 Å². The summed E-state index contributed by atoms with van der Waals surface area (Å²) in [5, 5.41) is 0. The number of carbonyl (C=O) groups excluding carboxylic acids is 3. The van der Waals surface area contributed by atoms with E-state index in [9.17, 15) is 27.6 Å². The molecule has 0 aromatic heterocycles. The number of esters is 2. The van der Waals surface area contributed by atoms with Gasteiger partial charge < -0.3 is 9.47 Å². The van der Waals surface area contributed by atoms with Crippen molar-refractivity contribution in [2.75, 3.05) is 13.2 Å². The summed E-state index contributed by atoms with van der Waals surface area (Å²) in [6.45, 7) is 2.39. The van der Waals surface area contributed by atoms with Gasteiger partial charge in [-0.3, -0.25) is 9.59 Å². The van der Waals surface area contributed by atoms with Crippen LogP contribution in [0, 0.1) is 18.8 Å². The number of terminal acetylenes is 1. The number of rotatable bonds is 6. The van der Waals surface area contributed by atoms with Crippen molar-refractivity contribution < 1.29 is 37.0 Å². The highest BCUT2D eigenvalue weighted by molar-refractivity contribution is 6.37. The molecule has 0 aliphatic rings. The first-order chi connectivity index (χ1) is 9.22. The van der Waals surface area contributed by atoms with Crippen LogP contribution in [0.5, 0.6) is 0 Å². The third-order valence-electron chi connectivity index (χ3n) is 1.80. The fourth-order valence-corrected chi connectivity index (χ4v) is 1.10. The van der Waals surface area contributed by atoms with Crippen molar-refractivity contribution >= 4 is 17.7 Å². The van der Waals surface area contributed by atoms with Gasteiger partial charge in [-0.2, -0.15) is 13.2 Å². The average Bonchev–Trinajstić information content (AvgIpc) is 2.37. The van der Waals surface area contributed by atoms with Crippen LogP contribution in [-0.4, -0.2) is 37.1 Å². The Hall–Kier alpha value is -2.04. The van der Waals surface area contributed by atoms with E-state index in [1.54, 1.807) is 0 Å². The highest BCUT2D eigenvalue weighted by atomic mass is 19.4. The Bertz CT molecular complexity index is 360. The lowest BCUT2D eigenvalue weighted by Gasteiger charge is -2.15. The van der Waals surface area contributed by atoms with Gasteiger partial charge in [0.05, 0.1) is 19.6 Å². The lowest BCUT2D eigenvalue weighted by atomic mass is 10.00. The zero-order chi connectivity index (χ0) is 16.3. The second kappa shape index (κ2) is 9.83. The van der Waals surface area contributed by atoms with Gasteiger partial charge in [0, 0.05) is 0 Å². The monoisotopic (exact) mass is 296 g/mol. The molecular formula is C12H15F3O5. The lowest BCUT2D eigenvalue weighted by molar-refractivity contribution is -0.175. The van der Waals surface area contributed by atoms with Crippen LogP contribution < -0.4 is 0 Å². The van der Waals surface area contributed by atoms with Crippen LogP contribution >= 0.6 is 0 Å². The molecule has 0 radical (unpaired) electrons. The summed E-state index contributed by atoms with van der Waals surface area (Å²) in [6, 6.07) is 0.